The fourth-order valence-corrected chi connectivity index (χ4v) is 2.84. The first kappa shape index (κ1) is 22.9. The molecule has 0 rings (SSSR count). The van der Waals surface area contributed by atoms with Crippen molar-refractivity contribution >= 4 is 11.9 Å². The minimum atomic E-state index is -0.486. The summed E-state index contributed by atoms with van der Waals surface area (Å²) in [5.41, 5.74) is 2.14. The first-order valence-corrected chi connectivity index (χ1v) is 10.1. The van der Waals surface area contributed by atoms with Crippen LogP contribution < -0.4 is 5.48 Å². The van der Waals surface area contributed by atoms with Gasteiger partial charge in [-0.25, -0.2) is 0 Å². The number of hydroxylamine groups is 1. The fourth-order valence-electron chi connectivity index (χ4n) is 2.84. The van der Waals surface area contributed by atoms with Crippen molar-refractivity contribution < 1.29 is 14.4 Å². The number of nitrogens with one attached hydrogen (secondary N) is 1. The van der Waals surface area contributed by atoms with Crippen LogP contribution in [0.5, 0.6) is 0 Å². The Morgan fingerprint density at radius 2 is 1.04 bits per heavy atom. The molecule has 1 N–H and O–H groups in total. The van der Waals surface area contributed by atoms with Crippen LogP contribution in [0.1, 0.15) is 117 Å². The number of rotatable bonds is 16. The first-order chi connectivity index (χ1) is 11.7. The van der Waals surface area contributed by atoms with E-state index >= 15 is 0 Å². The summed E-state index contributed by atoms with van der Waals surface area (Å²) in [6, 6.07) is 0. The maximum absolute atomic E-state index is 11.3. The summed E-state index contributed by atoms with van der Waals surface area (Å²) >= 11 is 0. The molecule has 0 unspecified atom stereocenters. The number of hydrogen-bond acceptors (Lipinski definition) is 3. The second-order valence-corrected chi connectivity index (χ2v) is 6.82. The zero-order valence-electron chi connectivity index (χ0n) is 16.0. The Hall–Kier alpha value is -1.06. The smallest absolute Gasteiger partial charge is 0.329 e. The highest BCUT2D eigenvalue weighted by Crippen LogP contribution is 2.13. The zero-order valence-corrected chi connectivity index (χ0v) is 16.0. The summed E-state index contributed by atoms with van der Waals surface area (Å²) < 4.78 is 0. The molecular weight excluding hydrogens is 302 g/mol. The minimum Gasteiger partial charge on any atom is -0.341 e. The van der Waals surface area contributed by atoms with E-state index in [-0.39, 0.29) is 5.91 Å². The lowest BCUT2D eigenvalue weighted by Crippen LogP contribution is -2.25. The van der Waals surface area contributed by atoms with Crippen LogP contribution >= 0.6 is 0 Å². The number of unbranched alkanes of at least 4 members (excludes halogenated alkanes) is 14. The Balaban J connectivity index is 3.10. The van der Waals surface area contributed by atoms with Crippen molar-refractivity contribution in [2.45, 2.75) is 117 Å². The monoisotopic (exact) mass is 341 g/mol. The molecule has 0 spiro atoms. The number of carbonyl (C=O) groups is 2. The Labute approximate surface area is 149 Å². The van der Waals surface area contributed by atoms with Crippen molar-refractivity contribution in [2.24, 2.45) is 0 Å². The van der Waals surface area contributed by atoms with E-state index in [1.54, 1.807) is 0 Å². The summed E-state index contributed by atoms with van der Waals surface area (Å²) in [5.74, 6) is -0.695. The predicted octanol–water partition coefficient (Wildman–Crippen LogP) is 5.84. The highest BCUT2D eigenvalue weighted by Gasteiger charge is 2.02. The number of amides is 1. The SMILES string of the molecule is CCCCCCCCCCCCCCCCCC(=O)NOC(C)=O. The number of carbonyl (C=O) groups excluding carboxylic acids is 2. The van der Waals surface area contributed by atoms with E-state index in [0.29, 0.717) is 6.42 Å². The van der Waals surface area contributed by atoms with Crippen LogP contribution in [-0.4, -0.2) is 11.9 Å². The van der Waals surface area contributed by atoms with Crippen molar-refractivity contribution in [1.29, 1.82) is 0 Å². The van der Waals surface area contributed by atoms with E-state index < -0.39 is 5.97 Å². The Bertz CT molecular complexity index is 305. The molecule has 0 aliphatic carbocycles. The van der Waals surface area contributed by atoms with E-state index in [4.69, 9.17) is 0 Å². The molecule has 0 saturated heterocycles. The molecule has 0 aromatic carbocycles. The first-order valence-electron chi connectivity index (χ1n) is 10.1. The molecule has 0 heterocycles. The molecule has 0 aliphatic rings. The minimum absolute atomic E-state index is 0.208. The van der Waals surface area contributed by atoms with Gasteiger partial charge >= 0.3 is 5.97 Å². The quantitative estimate of drug-likeness (QED) is 0.283. The van der Waals surface area contributed by atoms with Gasteiger partial charge in [0.25, 0.3) is 5.91 Å². The molecule has 1 amide bonds. The zero-order chi connectivity index (χ0) is 17.9. The fraction of sp³-hybridized carbons (Fsp3) is 0.900. The highest BCUT2D eigenvalue weighted by atomic mass is 16.7. The van der Waals surface area contributed by atoms with Crippen molar-refractivity contribution in [3.05, 3.63) is 0 Å². The topological polar surface area (TPSA) is 55.4 Å². The summed E-state index contributed by atoms with van der Waals surface area (Å²) in [4.78, 5) is 26.3. The Morgan fingerprint density at radius 1 is 0.667 bits per heavy atom. The molecule has 4 heteroatoms. The molecule has 0 aromatic heterocycles. The summed E-state index contributed by atoms with van der Waals surface area (Å²) in [7, 11) is 0. The van der Waals surface area contributed by atoms with E-state index in [2.05, 4.69) is 17.2 Å². The van der Waals surface area contributed by atoms with Gasteiger partial charge < -0.3 is 4.84 Å². The molecule has 0 bridgehead atoms. The number of hydrogen-bond donors (Lipinski definition) is 1. The average Bonchev–Trinajstić information content (AvgIpc) is 2.56. The molecule has 0 saturated carbocycles. The van der Waals surface area contributed by atoms with Gasteiger partial charge in [-0.15, -0.1) is 0 Å². The second kappa shape index (κ2) is 18.3. The van der Waals surface area contributed by atoms with Gasteiger partial charge in [0, 0.05) is 13.3 Å². The standard InChI is InChI=1S/C20H39NO3/c1-3-4-5-6-7-8-9-10-11-12-13-14-15-16-17-18-20(23)21-24-19(2)22/h3-18H2,1-2H3,(H,21,23). The maximum atomic E-state index is 11.3. The largest absolute Gasteiger partial charge is 0.341 e. The molecule has 0 aromatic rings. The maximum Gasteiger partial charge on any atom is 0.329 e. The third-order valence-corrected chi connectivity index (χ3v) is 4.32. The van der Waals surface area contributed by atoms with Gasteiger partial charge in [0.2, 0.25) is 0 Å². The van der Waals surface area contributed by atoms with Crippen molar-refractivity contribution in [3.63, 3.8) is 0 Å². The van der Waals surface area contributed by atoms with Crippen LogP contribution in [-0.2, 0) is 14.4 Å². The van der Waals surface area contributed by atoms with Crippen LogP contribution in [0.4, 0.5) is 0 Å². The lowest BCUT2D eigenvalue weighted by molar-refractivity contribution is -0.156. The van der Waals surface area contributed by atoms with Crippen molar-refractivity contribution in [3.8, 4) is 0 Å². The van der Waals surface area contributed by atoms with Gasteiger partial charge in [-0.2, -0.15) is 5.48 Å². The third kappa shape index (κ3) is 19.0. The summed E-state index contributed by atoms with van der Waals surface area (Å²) in [6.07, 6.45) is 20.1. The molecule has 0 aliphatic heterocycles. The lowest BCUT2D eigenvalue weighted by Gasteiger charge is -2.04. The molecule has 24 heavy (non-hydrogen) atoms. The third-order valence-electron chi connectivity index (χ3n) is 4.32. The second-order valence-electron chi connectivity index (χ2n) is 6.82. The van der Waals surface area contributed by atoms with E-state index in [9.17, 15) is 9.59 Å². The van der Waals surface area contributed by atoms with Crippen LogP contribution in [0.3, 0.4) is 0 Å². The van der Waals surface area contributed by atoms with E-state index in [0.717, 1.165) is 12.8 Å². The summed E-state index contributed by atoms with van der Waals surface area (Å²) in [5, 5.41) is 0. The predicted molar refractivity (Wildman–Crippen MR) is 99.5 cm³/mol. The van der Waals surface area contributed by atoms with Gasteiger partial charge in [-0.3, -0.25) is 9.59 Å². The van der Waals surface area contributed by atoms with Gasteiger partial charge in [0.1, 0.15) is 0 Å². The van der Waals surface area contributed by atoms with Crippen molar-refractivity contribution in [2.75, 3.05) is 0 Å². The molecule has 4 nitrogen and oxygen atoms in total. The van der Waals surface area contributed by atoms with Crippen LogP contribution in [0.2, 0.25) is 0 Å². The van der Waals surface area contributed by atoms with Crippen LogP contribution in [0.25, 0.3) is 0 Å². The van der Waals surface area contributed by atoms with Gasteiger partial charge in [0.05, 0.1) is 0 Å². The molecule has 0 radical (unpaired) electrons. The molecule has 142 valence electrons. The van der Waals surface area contributed by atoms with Crippen LogP contribution in [0.15, 0.2) is 0 Å². The lowest BCUT2D eigenvalue weighted by atomic mass is 10.0. The van der Waals surface area contributed by atoms with Crippen LogP contribution in [0, 0.1) is 0 Å². The van der Waals surface area contributed by atoms with E-state index in [1.807, 2.05) is 0 Å². The normalized spacial score (nSPS) is 10.6. The molecule has 0 atom stereocenters. The molecule has 0 fully saturated rings. The molecular formula is C20H39NO3. The van der Waals surface area contributed by atoms with Gasteiger partial charge in [-0.1, -0.05) is 96.8 Å². The Kier molecular flexibility index (Phi) is 17.5. The van der Waals surface area contributed by atoms with E-state index in [1.165, 1.54) is 90.4 Å². The average molecular weight is 342 g/mol. The Morgan fingerprint density at radius 3 is 1.42 bits per heavy atom. The highest BCUT2D eigenvalue weighted by molar-refractivity contribution is 5.77. The summed E-state index contributed by atoms with van der Waals surface area (Å²) in [6.45, 7) is 3.54. The van der Waals surface area contributed by atoms with Gasteiger partial charge in [-0.05, 0) is 6.42 Å². The van der Waals surface area contributed by atoms with Crippen molar-refractivity contribution in [1.82, 2.24) is 5.48 Å². The van der Waals surface area contributed by atoms with Gasteiger partial charge in [0.15, 0.2) is 0 Å².